The number of hydrogen-bond donors (Lipinski definition) is 0. The Kier molecular flexibility index (Phi) is 10.3. The van der Waals surface area contributed by atoms with Gasteiger partial charge in [0.05, 0.1) is 16.8 Å². The number of hydrogen-bond acceptors (Lipinski definition) is 4. The van der Waals surface area contributed by atoms with E-state index in [1.807, 2.05) is 0 Å². The Morgan fingerprint density at radius 1 is 0.301 bits per heavy atom. The van der Waals surface area contributed by atoms with Crippen LogP contribution in [0.2, 0.25) is 0 Å². The van der Waals surface area contributed by atoms with Gasteiger partial charge in [-0.25, -0.2) is 0 Å². The minimum Gasteiger partial charge on any atom is -0.454 e. The first kappa shape index (κ1) is 47.6. The number of nitrogens with zero attached hydrogens (tertiary/aromatic N) is 2. The van der Waals surface area contributed by atoms with Gasteiger partial charge < -0.3 is 18.6 Å². The first-order valence-corrected chi connectivity index (χ1v) is 29.2. The maximum atomic E-state index is 7.07. The summed E-state index contributed by atoms with van der Waals surface area (Å²) >= 11 is 0. The lowest BCUT2D eigenvalue weighted by Crippen LogP contribution is -2.26. The van der Waals surface area contributed by atoms with Gasteiger partial charge in [-0.1, -0.05) is 210 Å². The van der Waals surface area contributed by atoms with Crippen LogP contribution in [-0.4, -0.2) is 0 Å². The van der Waals surface area contributed by atoms with E-state index in [4.69, 9.17) is 8.83 Å². The van der Waals surface area contributed by atoms with Gasteiger partial charge >= 0.3 is 0 Å². The lowest BCUT2D eigenvalue weighted by atomic mass is 9.69. The highest BCUT2D eigenvalue weighted by atomic mass is 16.3. The Bertz CT molecular complexity index is 5130. The van der Waals surface area contributed by atoms with Crippen molar-refractivity contribution in [3.8, 4) is 22.3 Å². The molecule has 2 aliphatic rings. The van der Waals surface area contributed by atoms with Gasteiger partial charge in [0.15, 0.2) is 11.2 Å². The lowest BCUT2D eigenvalue weighted by Gasteiger charge is -2.32. The predicted molar refractivity (Wildman–Crippen MR) is 347 cm³/mol. The highest BCUT2D eigenvalue weighted by molar-refractivity contribution is 6.22. The minimum absolute atomic E-state index is 0.311. The molecule has 394 valence electrons. The van der Waals surface area contributed by atoms with Crippen molar-refractivity contribution < 1.29 is 8.83 Å². The van der Waals surface area contributed by atoms with E-state index in [1.54, 1.807) is 0 Å². The number of furan rings is 2. The van der Waals surface area contributed by atoms with E-state index in [2.05, 4.69) is 292 Å². The fourth-order valence-corrected chi connectivity index (χ4v) is 14.8. The Balaban J connectivity index is 0.922. The molecule has 4 nitrogen and oxygen atoms in total. The van der Waals surface area contributed by atoms with Gasteiger partial charge in [-0.2, -0.15) is 0 Å². The Labute approximate surface area is 481 Å². The quantitative estimate of drug-likeness (QED) is 0.142. The van der Waals surface area contributed by atoms with Crippen molar-refractivity contribution in [3.05, 3.63) is 288 Å². The van der Waals surface area contributed by atoms with Crippen molar-refractivity contribution in [2.75, 3.05) is 9.80 Å². The standard InChI is InChI=1S/C79H56N2O2/c1-47(2)55-29-17-31-62-64-33-19-37-71(77(64)82-75(55)62)80(51-21-7-5-8-22-51)53-40-39-49-44-67-70(45-50(49)43-53)79(68-35-15-13-26-58(68)59-27-14-16-36-69(59)79)74-61-42-41-54(46-66(61)57-25-11-12-28-60(57)73(67)74)81(52-23-9-6-10-24-52)72-38-20-34-65-63-32-18-30-56(48(3)4)76(63)83-78(65)72/h5-48H,1-4H3. The molecule has 2 aliphatic carbocycles. The van der Waals surface area contributed by atoms with Crippen molar-refractivity contribution >= 4 is 110 Å². The monoisotopic (exact) mass is 1060 g/mol. The van der Waals surface area contributed by atoms with E-state index in [9.17, 15) is 0 Å². The second-order valence-corrected chi connectivity index (χ2v) is 23.4. The molecule has 1 spiro atoms. The van der Waals surface area contributed by atoms with Crippen molar-refractivity contribution in [1.82, 2.24) is 0 Å². The number of rotatable bonds is 8. The van der Waals surface area contributed by atoms with Gasteiger partial charge in [-0.15, -0.1) is 0 Å². The molecule has 2 heterocycles. The Hall–Kier alpha value is -10.2. The van der Waals surface area contributed by atoms with Gasteiger partial charge in [0, 0.05) is 44.3 Å². The van der Waals surface area contributed by atoms with E-state index in [0.717, 1.165) is 78.0 Å². The summed E-state index contributed by atoms with van der Waals surface area (Å²) in [6, 6.07) is 94.6. The predicted octanol–water partition coefficient (Wildman–Crippen LogP) is 22.5. The maximum absolute atomic E-state index is 7.07. The molecule has 83 heavy (non-hydrogen) atoms. The Morgan fingerprint density at radius 2 is 0.771 bits per heavy atom. The summed E-state index contributed by atoms with van der Waals surface area (Å²) in [7, 11) is 0. The van der Waals surface area contributed by atoms with Gasteiger partial charge in [-0.3, -0.25) is 0 Å². The molecule has 4 heteroatoms. The smallest absolute Gasteiger partial charge is 0.159 e. The maximum Gasteiger partial charge on any atom is 0.159 e. The van der Waals surface area contributed by atoms with Crippen LogP contribution in [0.15, 0.2) is 264 Å². The van der Waals surface area contributed by atoms with E-state index in [-0.39, 0.29) is 0 Å². The first-order valence-electron chi connectivity index (χ1n) is 29.2. The molecule has 0 aliphatic heterocycles. The van der Waals surface area contributed by atoms with Crippen LogP contribution in [0.25, 0.3) is 98.4 Å². The summed E-state index contributed by atoms with van der Waals surface area (Å²) in [4.78, 5) is 4.78. The van der Waals surface area contributed by atoms with E-state index in [1.165, 1.54) is 88.0 Å². The van der Waals surface area contributed by atoms with Crippen LogP contribution in [0, 0.1) is 0 Å². The summed E-state index contributed by atoms with van der Waals surface area (Å²) in [5.74, 6) is 0.627. The van der Waals surface area contributed by atoms with Crippen molar-refractivity contribution in [1.29, 1.82) is 0 Å². The van der Waals surface area contributed by atoms with Gasteiger partial charge in [0.1, 0.15) is 11.2 Å². The molecule has 0 unspecified atom stereocenters. The minimum atomic E-state index is -0.647. The zero-order valence-electron chi connectivity index (χ0n) is 46.6. The first-order chi connectivity index (χ1) is 40.8. The molecule has 17 rings (SSSR count). The molecule has 13 aromatic carbocycles. The fourth-order valence-electron chi connectivity index (χ4n) is 14.8. The molecule has 0 N–H and O–H groups in total. The molecule has 0 bridgehead atoms. The number of anilines is 6. The summed E-state index contributed by atoms with van der Waals surface area (Å²) in [5, 5.41) is 11.8. The molecule has 2 aromatic heterocycles. The topological polar surface area (TPSA) is 32.8 Å². The third-order valence-electron chi connectivity index (χ3n) is 18.3. The third-order valence-corrected chi connectivity index (χ3v) is 18.3. The zero-order valence-corrected chi connectivity index (χ0v) is 46.6. The van der Waals surface area contributed by atoms with Gasteiger partial charge in [-0.05, 0) is 173 Å². The van der Waals surface area contributed by atoms with E-state index >= 15 is 0 Å². The zero-order chi connectivity index (χ0) is 55.2. The number of benzene rings is 13. The molecule has 0 amide bonds. The molecule has 0 atom stereocenters. The number of para-hydroxylation sites is 6. The average Bonchev–Trinajstić information content (AvgIpc) is 1.62. The summed E-state index contributed by atoms with van der Waals surface area (Å²) in [6.07, 6.45) is 0. The highest BCUT2D eigenvalue weighted by Crippen LogP contribution is 2.66. The van der Waals surface area contributed by atoms with Crippen LogP contribution in [0.3, 0.4) is 0 Å². The summed E-state index contributed by atoms with van der Waals surface area (Å²) in [6.45, 7) is 8.97. The van der Waals surface area contributed by atoms with Crippen molar-refractivity contribution in [3.63, 3.8) is 0 Å². The van der Waals surface area contributed by atoms with Crippen LogP contribution in [0.4, 0.5) is 34.1 Å². The lowest BCUT2D eigenvalue weighted by molar-refractivity contribution is 0.657. The second kappa shape index (κ2) is 17.9. The Morgan fingerprint density at radius 3 is 1.34 bits per heavy atom. The summed E-state index contributed by atoms with van der Waals surface area (Å²) < 4.78 is 14.1. The molecular weight excluding hydrogens is 1010 g/mol. The van der Waals surface area contributed by atoms with Crippen molar-refractivity contribution in [2.45, 2.75) is 44.9 Å². The van der Waals surface area contributed by atoms with Crippen LogP contribution >= 0.6 is 0 Å². The third kappa shape index (κ3) is 6.69. The largest absolute Gasteiger partial charge is 0.454 e. The van der Waals surface area contributed by atoms with Crippen molar-refractivity contribution in [2.24, 2.45) is 0 Å². The molecular formula is C79H56N2O2. The molecule has 0 radical (unpaired) electrons. The molecule has 15 aromatic rings. The molecule has 0 fully saturated rings. The van der Waals surface area contributed by atoms with Crippen LogP contribution in [0.5, 0.6) is 0 Å². The number of fused-ring (bicyclic) bond motifs is 22. The molecule has 0 saturated heterocycles. The normalized spacial score (nSPS) is 13.1. The van der Waals surface area contributed by atoms with Gasteiger partial charge in [0.25, 0.3) is 0 Å². The highest BCUT2D eigenvalue weighted by Gasteiger charge is 2.53. The SMILES string of the molecule is CC(C)c1cccc2c1oc1c(N(c3ccccc3)c3ccc4cc5c(cc4c3)C3(c4ccccc4-c4ccccc43)c3c-5c4ccccc4c4cc(N(c5ccccc5)c5cccc6c5oc5c(C(C)C)cccc56)ccc34)cccc12. The van der Waals surface area contributed by atoms with Crippen LogP contribution in [0.1, 0.15) is 72.9 Å². The summed E-state index contributed by atoms with van der Waals surface area (Å²) in [5.41, 5.74) is 22.0. The fraction of sp³-hybridized carbons (Fsp3) is 0.0886. The second-order valence-electron chi connectivity index (χ2n) is 23.4. The van der Waals surface area contributed by atoms with Crippen LogP contribution < -0.4 is 9.80 Å². The van der Waals surface area contributed by atoms with Crippen LogP contribution in [-0.2, 0) is 5.41 Å². The van der Waals surface area contributed by atoms with E-state index < -0.39 is 5.41 Å². The molecule has 0 saturated carbocycles. The van der Waals surface area contributed by atoms with Gasteiger partial charge in [0.2, 0.25) is 0 Å². The van der Waals surface area contributed by atoms with E-state index in [0.29, 0.717) is 11.8 Å². The average molecular weight is 1070 g/mol.